The SMILES string of the molecule is OCC1(c2cccc(F)c2)CCC1. The molecule has 0 radical (unpaired) electrons. The van der Waals surface area contributed by atoms with Crippen LogP contribution in [0.3, 0.4) is 0 Å². The standard InChI is InChI=1S/C11H13FO/c12-10-4-1-3-9(7-10)11(8-13)5-2-6-11/h1,3-4,7,13H,2,5-6,8H2. The van der Waals surface area contributed by atoms with Crippen LogP contribution in [0.2, 0.25) is 0 Å². The first-order valence-electron chi connectivity index (χ1n) is 4.64. The van der Waals surface area contributed by atoms with Crippen LogP contribution in [-0.4, -0.2) is 11.7 Å². The van der Waals surface area contributed by atoms with Crippen molar-refractivity contribution in [3.05, 3.63) is 35.6 Å². The lowest BCUT2D eigenvalue weighted by Gasteiger charge is -2.40. The fourth-order valence-corrected chi connectivity index (χ4v) is 1.96. The van der Waals surface area contributed by atoms with E-state index in [4.69, 9.17) is 0 Å². The van der Waals surface area contributed by atoms with Gasteiger partial charge in [0.15, 0.2) is 0 Å². The molecule has 0 aliphatic heterocycles. The Bertz CT molecular complexity index is 299. The van der Waals surface area contributed by atoms with Gasteiger partial charge in [-0.25, -0.2) is 4.39 Å². The first-order chi connectivity index (χ1) is 6.27. The molecule has 0 spiro atoms. The average molecular weight is 180 g/mol. The Morgan fingerprint density at radius 1 is 1.38 bits per heavy atom. The highest BCUT2D eigenvalue weighted by Crippen LogP contribution is 2.43. The van der Waals surface area contributed by atoms with Gasteiger partial charge in [-0.15, -0.1) is 0 Å². The van der Waals surface area contributed by atoms with Crippen molar-refractivity contribution in [1.29, 1.82) is 0 Å². The summed E-state index contributed by atoms with van der Waals surface area (Å²) in [6.45, 7) is 0.135. The van der Waals surface area contributed by atoms with Gasteiger partial charge in [-0.2, -0.15) is 0 Å². The summed E-state index contributed by atoms with van der Waals surface area (Å²) in [7, 11) is 0. The van der Waals surface area contributed by atoms with E-state index < -0.39 is 0 Å². The van der Waals surface area contributed by atoms with Crippen molar-refractivity contribution in [2.75, 3.05) is 6.61 Å². The van der Waals surface area contributed by atoms with Gasteiger partial charge >= 0.3 is 0 Å². The third-order valence-electron chi connectivity index (χ3n) is 3.05. The molecular formula is C11H13FO. The first-order valence-corrected chi connectivity index (χ1v) is 4.64. The molecule has 1 aromatic carbocycles. The monoisotopic (exact) mass is 180 g/mol. The number of aliphatic hydroxyl groups is 1. The van der Waals surface area contributed by atoms with Crippen molar-refractivity contribution < 1.29 is 9.50 Å². The van der Waals surface area contributed by atoms with E-state index in [0.29, 0.717) is 0 Å². The van der Waals surface area contributed by atoms with E-state index >= 15 is 0 Å². The summed E-state index contributed by atoms with van der Waals surface area (Å²) in [5.74, 6) is -0.211. The molecule has 2 heteroatoms. The van der Waals surface area contributed by atoms with Crippen molar-refractivity contribution in [3.63, 3.8) is 0 Å². The van der Waals surface area contributed by atoms with E-state index in [0.717, 1.165) is 24.8 Å². The highest BCUT2D eigenvalue weighted by Gasteiger charge is 2.37. The lowest BCUT2D eigenvalue weighted by Crippen LogP contribution is -2.37. The molecule has 0 atom stereocenters. The smallest absolute Gasteiger partial charge is 0.123 e. The number of hydrogen-bond donors (Lipinski definition) is 1. The molecule has 0 bridgehead atoms. The van der Waals surface area contributed by atoms with Gasteiger partial charge in [0.2, 0.25) is 0 Å². The number of benzene rings is 1. The van der Waals surface area contributed by atoms with Crippen LogP contribution in [-0.2, 0) is 5.41 Å². The van der Waals surface area contributed by atoms with E-state index in [1.165, 1.54) is 12.1 Å². The molecule has 70 valence electrons. The Morgan fingerprint density at radius 2 is 2.15 bits per heavy atom. The molecule has 0 heterocycles. The zero-order chi connectivity index (χ0) is 9.31. The molecule has 1 aliphatic rings. The summed E-state index contributed by atoms with van der Waals surface area (Å²) in [6.07, 6.45) is 3.09. The Kier molecular flexibility index (Phi) is 2.08. The number of aliphatic hydroxyl groups excluding tert-OH is 1. The van der Waals surface area contributed by atoms with Gasteiger partial charge in [-0.1, -0.05) is 18.6 Å². The lowest BCUT2D eigenvalue weighted by molar-refractivity contribution is 0.120. The van der Waals surface area contributed by atoms with E-state index in [9.17, 15) is 9.50 Å². The van der Waals surface area contributed by atoms with Crippen LogP contribution in [0.15, 0.2) is 24.3 Å². The minimum absolute atomic E-state index is 0.135. The van der Waals surface area contributed by atoms with Crippen molar-refractivity contribution in [2.45, 2.75) is 24.7 Å². The molecule has 0 unspecified atom stereocenters. The van der Waals surface area contributed by atoms with Gasteiger partial charge in [-0.3, -0.25) is 0 Å². The summed E-state index contributed by atoms with van der Waals surface area (Å²) in [5.41, 5.74) is 0.809. The largest absolute Gasteiger partial charge is 0.395 e. The summed E-state index contributed by atoms with van der Waals surface area (Å²) in [6, 6.07) is 6.58. The maximum Gasteiger partial charge on any atom is 0.123 e. The van der Waals surface area contributed by atoms with Gasteiger partial charge in [0.05, 0.1) is 6.61 Å². The van der Waals surface area contributed by atoms with Gasteiger partial charge in [0.1, 0.15) is 5.82 Å². The lowest BCUT2D eigenvalue weighted by atomic mass is 9.65. The predicted octanol–water partition coefficient (Wildman–Crippen LogP) is 2.24. The van der Waals surface area contributed by atoms with Crippen molar-refractivity contribution >= 4 is 0 Å². The van der Waals surface area contributed by atoms with E-state index in [2.05, 4.69) is 0 Å². The number of hydrogen-bond acceptors (Lipinski definition) is 1. The van der Waals surface area contributed by atoms with Crippen LogP contribution in [0.1, 0.15) is 24.8 Å². The molecule has 2 rings (SSSR count). The van der Waals surface area contributed by atoms with Crippen LogP contribution in [0.25, 0.3) is 0 Å². The highest BCUT2D eigenvalue weighted by atomic mass is 19.1. The molecule has 1 N–H and O–H groups in total. The molecule has 0 aromatic heterocycles. The zero-order valence-corrected chi connectivity index (χ0v) is 7.46. The summed E-state index contributed by atoms with van der Waals surface area (Å²) < 4.78 is 12.9. The molecule has 0 amide bonds. The van der Waals surface area contributed by atoms with Gasteiger partial charge in [0.25, 0.3) is 0 Å². The molecule has 1 aromatic rings. The second-order valence-electron chi connectivity index (χ2n) is 3.80. The topological polar surface area (TPSA) is 20.2 Å². The fourth-order valence-electron chi connectivity index (χ4n) is 1.96. The zero-order valence-electron chi connectivity index (χ0n) is 7.46. The minimum atomic E-state index is -0.211. The molecule has 1 aliphatic carbocycles. The summed E-state index contributed by atoms with van der Waals surface area (Å²) in [5, 5.41) is 9.26. The van der Waals surface area contributed by atoms with Crippen molar-refractivity contribution in [3.8, 4) is 0 Å². The van der Waals surface area contributed by atoms with Gasteiger partial charge in [0, 0.05) is 5.41 Å². The van der Waals surface area contributed by atoms with Gasteiger partial charge < -0.3 is 5.11 Å². The minimum Gasteiger partial charge on any atom is -0.395 e. The first kappa shape index (κ1) is 8.70. The van der Waals surface area contributed by atoms with E-state index in [1.54, 1.807) is 6.07 Å². The fraction of sp³-hybridized carbons (Fsp3) is 0.455. The second kappa shape index (κ2) is 3.11. The Labute approximate surface area is 77.2 Å². The van der Waals surface area contributed by atoms with Crippen LogP contribution in [0, 0.1) is 5.82 Å². The maximum absolute atomic E-state index is 12.9. The maximum atomic E-state index is 12.9. The number of rotatable bonds is 2. The van der Waals surface area contributed by atoms with Crippen LogP contribution in [0.5, 0.6) is 0 Å². The predicted molar refractivity (Wildman–Crippen MR) is 49.0 cm³/mol. The van der Waals surface area contributed by atoms with Gasteiger partial charge in [-0.05, 0) is 30.5 Å². The highest BCUT2D eigenvalue weighted by molar-refractivity contribution is 5.28. The van der Waals surface area contributed by atoms with E-state index in [-0.39, 0.29) is 17.8 Å². The Hall–Kier alpha value is -0.890. The third-order valence-corrected chi connectivity index (χ3v) is 3.05. The molecule has 0 saturated heterocycles. The quantitative estimate of drug-likeness (QED) is 0.740. The van der Waals surface area contributed by atoms with Crippen LogP contribution < -0.4 is 0 Å². The van der Waals surface area contributed by atoms with Crippen LogP contribution in [0.4, 0.5) is 4.39 Å². The third kappa shape index (κ3) is 1.35. The van der Waals surface area contributed by atoms with Crippen molar-refractivity contribution in [1.82, 2.24) is 0 Å². The average Bonchev–Trinajstić information content (AvgIpc) is 2.03. The molecular weight excluding hydrogens is 167 g/mol. The van der Waals surface area contributed by atoms with Crippen molar-refractivity contribution in [2.24, 2.45) is 0 Å². The van der Waals surface area contributed by atoms with E-state index in [1.807, 2.05) is 6.07 Å². The summed E-state index contributed by atoms with van der Waals surface area (Å²) in [4.78, 5) is 0. The molecule has 13 heavy (non-hydrogen) atoms. The molecule has 1 nitrogen and oxygen atoms in total. The number of halogens is 1. The van der Waals surface area contributed by atoms with Crippen LogP contribution >= 0.6 is 0 Å². The normalized spacial score (nSPS) is 19.5. The Balaban J connectivity index is 2.33. The Morgan fingerprint density at radius 3 is 2.62 bits per heavy atom. The molecule has 1 fully saturated rings. The molecule has 1 saturated carbocycles. The summed E-state index contributed by atoms with van der Waals surface area (Å²) >= 11 is 0. The second-order valence-corrected chi connectivity index (χ2v) is 3.80.